The van der Waals surface area contributed by atoms with E-state index in [9.17, 15) is 14.3 Å². The SMILES string of the molecule is CC(C)C1(Oc2cc(C(=O)[O-])ccc2F)CCCC1. The molecule has 0 atom stereocenters. The van der Waals surface area contributed by atoms with Crippen molar-refractivity contribution in [3.8, 4) is 5.75 Å². The Bertz CT molecular complexity index is 476. The minimum atomic E-state index is -1.32. The predicted molar refractivity (Wildman–Crippen MR) is 67.4 cm³/mol. The van der Waals surface area contributed by atoms with E-state index >= 15 is 0 Å². The number of benzene rings is 1. The number of aromatic carboxylic acids is 1. The summed E-state index contributed by atoms with van der Waals surface area (Å²) < 4.78 is 19.7. The highest BCUT2D eigenvalue weighted by Gasteiger charge is 2.39. The van der Waals surface area contributed by atoms with Gasteiger partial charge in [0.15, 0.2) is 11.6 Å². The Balaban J connectivity index is 2.31. The van der Waals surface area contributed by atoms with Crippen molar-refractivity contribution in [1.82, 2.24) is 0 Å². The van der Waals surface area contributed by atoms with Crippen LogP contribution in [0, 0.1) is 11.7 Å². The van der Waals surface area contributed by atoms with Gasteiger partial charge in [0.1, 0.15) is 5.60 Å². The highest BCUT2D eigenvalue weighted by molar-refractivity contribution is 5.86. The molecule has 0 saturated heterocycles. The topological polar surface area (TPSA) is 49.4 Å². The van der Waals surface area contributed by atoms with Gasteiger partial charge in [0.05, 0.1) is 5.97 Å². The van der Waals surface area contributed by atoms with Gasteiger partial charge in [-0.25, -0.2) is 4.39 Å². The summed E-state index contributed by atoms with van der Waals surface area (Å²) in [6.07, 6.45) is 3.86. The van der Waals surface area contributed by atoms with Crippen molar-refractivity contribution in [3.05, 3.63) is 29.6 Å². The first-order valence-electron chi connectivity index (χ1n) is 6.64. The molecular formula is C15H18FO3-. The van der Waals surface area contributed by atoms with Gasteiger partial charge in [-0.15, -0.1) is 0 Å². The van der Waals surface area contributed by atoms with Crippen LogP contribution in [0.1, 0.15) is 49.9 Å². The van der Waals surface area contributed by atoms with E-state index in [1.165, 1.54) is 12.1 Å². The lowest BCUT2D eigenvalue weighted by Crippen LogP contribution is -2.38. The first-order valence-corrected chi connectivity index (χ1v) is 6.64. The molecule has 0 aromatic heterocycles. The molecule has 0 unspecified atom stereocenters. The molecule has 0 spiro atoms. The Morgan fingerprint density at radius 3 is 2.53 bits per heavy atom. The van der Waals surface area contributed by atoms with Gasteiger partial charge < -0.3 is 14.6 Å². The van der Waals surface area contributed by atoms with Crippen molar-refractivity contribution in [2.45, 2.75) is 45.1 Å². The molecule has 1 aliphatic carbocycles. The minimum absolute atomic E-state index is 0.0114. The van der Waals surface area contributed by atoms with Crippen LogP contribution in [0.2, 0.25) is 0 Å². The second-order valence-electron chi connectivity index (χ2n) is 5.46. The third-order valence-corrected chi connectivity index (χ3v) is 3.98. The molecule has 0 bridgehead atoms. The molecule has 104 valence electrons. The molecule has 2 rings (SSSR count). The number of hydrogen-bond acceptors (Lipinski definition) is 3. The zero-order valence-electron chi connectivity index (χ0n) is 11.2. The van der Waals surface area contributed by atoms with E-state index < -0.39 is 11.8 Å². The Labute approximate surface area is 112 Å². The van der Waals surface area contributed by atoms with E-state index in [0.29, 0.717) is 0 Å². The lowest BCUT2D eigenvalue weighted by Gasteiger charge is -2.34. The third kappa shape index (κ3) is 2.72. The number of carboxylic acid groups (broad SMARTS) is 1. The van der Waals surface area contributed by atoms with Gasteiger partial charge in [0, 0.05) is 5.56 Å². The Hall–Kier alpha value is -1.58. The Kier molecular flexibility index (Phi) is 3.78. The van der Waals surface area contributed by atoms with Crippen LogP contribution in [-0.2, 0) is 0 Å². The number of carboxylic acids is 1. The van der Waals surface area contributed by atoms with Gasteiger partial charge in [-0.1, -0.05) is 13.8 Å². The maximum Gasteiger partial charge on any atom is 0.165 e. The first-order chi connectivity index (χ1) is 8.94. The second-order valence-corrected chi connectivity index (χ2v) is 5.46. The van der Waals surface area contributed by atoms with Gasteiger partial charge in [0.25, 0.3) is 0 Å². The smallest absolute Gasteiger partial charge is 0.165 e. The highest BCUT2D eigenvalue weighted by atomic mass is 19.1. The summed E-state index contributed by atoms with van der Waals surface area (Å²) in [6, 6.07) is 3.52. The maximum absolute atomic E-state index is 13.8. The lowest BCUT2D eigenvalue weighted by atomic mass is 9.88. The van der Waals surface area contributed by atoms with E-state index in [2.05, 4.69) is 0 Å². The molecule has 1 aromatic rings. The highest BCUT2D eigenvalue weighted by Crippen LogP contribution is 2.40. The molecule has 4 heteroatoms. The summed E-state index contributed by atoms with van der Waals surface area (Å²) >= 11 is 0. The summed E-state index contributed by atoms with van der Waals surface area (Å²) in [5, 5.41) is 10.8. The fraction of sp³-hybridized carbons (Fsp3) is 0.533. The number of carbonyl (C=O) groups is 1. The number of ether oxygens (including phenoxy) is 1. The number of halogens is 1. The van der Waals surface area contributed by atoms with Crippen molar-refractivity contribution >= 4 is 5.97 Å². The Morgan fingerprint density at radius 2 is 2.00 bits per heavy atom. The first kappa shape index (κ1) is 13.8. The van der Waals surface area contributed by atoms with E-state index in [0.717, 1.165) is 31.7 Å². The van der Waals surface area contributed by atoms with Crippen molar-refractivity contribution in [2.75, 3.05) is 0 Å². The van der Waals surface area contributed by atoms with Crippen LogP contribution in [0.5, 0.6) is 5.75 Å². The Morgan fingerprint density at radius 1 is 1.37 bits per heavy atom. The standard InChI is InChI=1S/C15H19FO3/c1-10(2)15(7-3-4-8-15)19-13-9-11(14(17)18)5-6-12(13)16/h5-6,9-10H,3-4,7-8H2,1-2H3,(H,17,18)/p-1. The van der Waals surface area contributed by atoms with Crippen LogP contribution in [0.25, 0.3) is 0 Å². The van der Waals surface area contributed by atoms with Crippen molar-refractivity contribution < 1.29 is 19.0 Å². The lowest BCUT2D eigenvalue weighted by molar-refractivity contribution is -0.255. The molecule has 0 radical (unpaired) electrons. The molecule has 0 amide bonds. The summed E-state index contributed by atoms with van der Waals surface area (Å²) in [4.78, 5) is 10.8. The van der Waals surface area contributed by atoms with Crippen molar-refractivity contribution in [2.24, 2.45) is 5.92 Å². The largest absolute Gasteiger partial charge is 0.545 e. The van der Waals surface area contributed by atoms with Crippen LogP contribution >= 0.6 is 0 Å². The zero-order chi connectivity index (χ0) is 14.0. The van der Waals surface area contributed by atoms with Crippen LogP contribution in [-0.4, -0.2) is 11.6 Å². The molecule has 1 aromatic carbocycles. The average Bonchev–Trinajstić information content (AvgIpc) is 2.81. The van der Waals surface area contributed by atoms with Crippen LogP contribution in [0.3, 0.4) is 0 Å². The monoisotopic (exact) mass is 265 g/mol. The molecule has 0 heterocycles. The summed E-state index contributed by atoms with van der Waals surface area (Å²) in [6.45, 7) is 4.09. The van der Waals surface area contributed by atoms with Crippen molar-refractivity contribution in [1.29, 1.82) is 0 Å². The number of rotatable bonds is 4. The van der Waals surface area contributed by atoms with Crippen LogP contribution in [0.15, 0.2) is 18.2 Å². The van der Waals surface area contributed by atoms with Crippen molar-refractivity contribution in [3.63, 3.8) is 0 Å². The molecule has 3 nitrogen and oxygen atoms in total. The zero-order valence-corrected chi connectivity index (χ0v) is 11.2. The minimum Gasteiger partial charge on any atom is -0.545 e. The molecular weight excluding hydrogens is 247 g/mol. The average molecular weight is 265 g/mol. The van der Waals surface area contributed by atoms with E-state index in [4.69, 9.17) is 4.74 Å². The maximum atomic E-state index is 13.8. The van der Waals surface area contributed by atoms with Crippen LogP contribution in [0.4, 0.5) is 4.39 Å². The number of carbonyl (C=O) groups excluding carboxylic acids is 1. The van der Waals surface area contributed by atoms with E-state index in [1.807, 2.05) is 13.8 Å². The fourth-order valence-electron chi connectivity index (χ4n) is 2.70. The fourth-order valence-corrected chi connectivity index (χ4v) is 2.70. The molecule has 1 fully saturated rings. The molecule has 1 saturated carbocycles. The summed E-state index contributed by atoms with van der Waals surface area (Å²) in [5.41, 5.74) is -0.445. The van der Waals surface area contributed by atoms with E-state index in [-0.39, 0.29) is 22.8 Å². The predicted octanol–water partition coefficient (Wildman–Crippen LogP) is 2.54. The van der Waals surface area contributed by atoms with Gasteiger partial charge in [-0.2, -0.15) is 0 Å². The molecule has 0 aliphatic heterocycles. The van der Waals surface area contributed by atoms with Gasteiger partial charge >= 0.3 is 0 Å². The van der Waals surface area contributed by atoms with Crippen LogP contribution < -0.4 is 9.84 Å². The number of hydrogen-bond donors (Lipinski definition) is 0. The summed E-state index contributed by atoms with van der Waals surface area (Å²) in [7, 11) is 0. The molecule has 19 heavy (non-hydrogen) atoms. The summed E-state index contributed by atoms with van der Waals surface area (Å²) in [5.74, 6) is -1.59. The van der Waals surface area contributed by atoms with Gasteiger partial charge in [0.2, 0.25) is 0 Å². The molecule has 1 aliphatic rings. The normalized spacial score (nSPS) is 17.7. The molecule has 0 N–H and O–H groups in total. The third-order valence-electron chi connectivity index (χ3n) is 3.98. The quantitative estimate of drug-likeness (QED) is 0.840. The second kappa shape index (κ2) is 5.19. The van der Waals surface area contributed by atoms with Gasteiger partial charge in [-0.05, 0) is 49.8 Å². The van der Waals surface area contributed by atoms with E-state index in [1.54, 1.807) is 0 Å². The van der Waals surface area contributed by atoms with Gasteiger partial charge in [-0.3, -0.25) is 0 Å².